The Morgan fingerprint density at radius 2 is 1.95 bits per heavy atom. The van der Waals surface area contributed by atoms with Gasteiger partial charge in [0.15, 0.2) is 0 Å². The number of aliphatic hydroxyl groups is 1. The Morgan fingerprint density at radius 1 is 1.10 bits per heavy atom. The zero-order valence-electron chi connectivity index (χ0n) is 11.4. The average molecular weight is 269 g/mol. The molecule has 0 bridgehead atoms. The molecular weight excluding hydrogens is 250 g/mol. The predicted molar refractivity (Wildman–Crippen MR) is 78.5 cm³/mol. The lowest BCUT2D eigenvalue weighted by Crippen LogP contribution is -2.36. The summed E-state index contributed by atoms with van der Waals surface area (Å²) in [5.41, 5.74) is 3.63. The number of aliphatic hydroxyl groups excluding tert-OH is 1. The summed E-state index contributed by atoms with van der Waals surface area (Å²) in [5.74, 6) is 0.292. The highest BCUT2D eigenvalue weighted by molar-refractivity contribution is 5.33. The lowest BCUT2D eigenvalue weighted by Gasteiger charge is -2.36. The molecule has 1 aliphatic rings. The van der Waals surface area contributed by atoms with Gasteiger partial charge in [-0.2, -0.15) is 0 Å². The van der Waals surface area contributed by atoms with Crippen molar-refractivity contribution in [3.63, 3.8) is 0 Å². The van der Waals surface area contributed by atoms with E-state index in [-0.39, 0.29) is 12.6 Å². The Hall–Kier alpha value is -1.84. The molecule has 0 amide bonds. The molecule has 0 aliphatic carbocycles. The van der Waals surface area contributed by atoms with Gasteiger partial charge in [0.05, 0.1) is 12.6 Å². The summed E-state index contributed by atoms with van der Waals surface area (Å²) in [6.07, 6.45) is 1.01. The topological polar surface area (TPSA) is 43.7 Å². The fourth-order valence-corrected chi connectivity index (χ4v) is 3.00. The van der Waals surface area contributed by atoms with E-state index in [1.165, 1.54) is 11.1 Å². The van der Waals surface area contributed by atoms with Gasteiger partial charge in [-0.25, -0.2) is 0 Å². The Kier molecular flexibility index (Phi) is 3.72. The second-order valence-electron chi connectivity index (χ2n) is 5.29. The molecule has 0 aromatic heterocycles. The number of benzene rings is 2. The van der Waals surface area contributed by atoms with Crippen molar-refractivity contribution in [1.29, 1.82) is 0 Å². The maximum Gasteiger partial charge on any atom is 0.115 e. The molecule has 20 heavy (non-hydrogen) atoms. The van der Waals surface area contributed by atoms with Gasteiger partial charge in [-0.05, 0) is 35.2 Å². The van der Waals surface area contributed by atoms with Crippen LogP contribution in [0.15, 0.2) is 48.5 Å². The Morgan fingerprint density at radius 3 is 2.75 bits per heavy atom. The molecule has 104 valence electrons. The number of aromatic hydroxyl groups is 1. The van der Waals surface area contributed by atoms with Crippen LogP contribution < -0.4 is 0 Å². The van der Waals surface area contributed by atoms with Crippen molar-refractivity contribution in [3.8, 4) is 5.75 Å². The summed E-state index contributed by atoms with van der Waals surface area (Å²) in [4.78, 5) is 2.27. The van der Waals surface area contributed by atoms with Crippen LogP contribution >= 0.6 is 0 Å². The maximum atomic E-state index is 9.75. The summed E-state index contributed by atoms with van der Waals surface area (Å²) < 4.78 is 0. The molecule has 3 rings (SSSR count). The van der Waals surface area contributed by atoms with Gasteiger partial charge >= 0.3 is 0 Å². The highest BCUT2D eigenvalue weighted by Crippen LogP contribution is 2.30. The third-order valence-electron chi connectivity index (χ3n) is 3.99. The van der Waals surface area contributed by atoms with E-state index in [9.17, 15) is 10.2 Å². The van der Waals surface area contributed by atoms with Crippen molar-refractivity contribution >= 4 is 0 Å². The molecule has 0 spiro atoms. The van der Waals surface area contributed by atoms with Crippen LogP contribution in [0.1, 0.15) is 22.7 Å². The molecule has 2 N–H and O–H groups in total. The zero-order valence-corrected chi connectivity index (χ0v) is 11.4. The van der Waals surface area contributed by atoms with Crippen LogP contribution in [0.2, 0.25) is 0 Å². The van der Waals surface area contributed by atoms with Crippen molar-refractivity contribution in [2.45, 2.75) is 19.0 Å². The molecule has 0 fully saturated rings. The van der Waals surface area contributed by atoms with E-state index in [0.717, 1.165) is 25.1 Å². The largest absolute Gasteiger partial charge is 0.508 e. The minimum absolute atomic E-state index is 0.0438. The molecule has 1 unspecified atom stereocenters. The molecule has 0 saturated carbocycles. The van der Waals surface area contributed by atoms with Gasteiger partial charge in [0.25, 0.3) is 0 Å². The SMILES string of the molecule is OCC1c2ccccc2CCN1Cc1cccc(O)c1. The van der Waals surface area contributed by atoms with E-state index in [4.69, 9.17) is 0 Å². The molecule has 3 heteroatoms. The van der Waals surface area contributed by atoms with Gasteiger partial charge in [-0.3, -0.25) is 4.90 Å². The fraction of sp³-hybridized carbons (Fsp3) is 0.294. The van der Waals surface area contributed by atoms with E-state index in [2.05, 4.69) is 23.1 Å². The van der Waals surface area contributed by atoms with E-state index < -0.39 is 0 Å². The molecule has 3 nitrogen and oxygen atoms in total. The minimum atomic E-state index is 0.0438. The van der Waals surface area contributed by atoms with Crippen LogP contribution in [0.4, 0.5) is 0 Å². The van der Waals surface area contributed by atoms with Crippen LogP contribution in [0.5, 0.6) is 5.75 Å². The molecule has 0 radical (unpaired) electrons. The first kappa shape index (κ1) is 13.2. The maximum absolute atomic E-state index is 9.75. The number of phenolic OH excluding ortho intramolecular Hbond substituents is 1. The molecule has 1 aliphatic heterocycles. The lowest BCUT2D eigenvalue weighted by molar-refractivity contribution is 0.108. The van der Waals surface area contributed by atoms with Crippen LogP contribution in [0.3, 0.4) is 0 Å². The third-order valence-corrected chi connectivity index (χ3v) is 3.99. The lowest BCUT2D eigenvalue weighted by atomic mass is 9.92. The molecule has 2 aromatic rings. The number of nitrogens with zero attached hydrogens (tertiary/aromatic N) is 1. The average Bonchev–Trinajstić information content (AvgIpc) is 2.47. The van der Waals surface area contributed by atoms with Gasteiger partial charge in [0.2, 0.25) is 0 Å². The first-order valence-corrected chi connectivity index (χ1v) is 6.98. The second-order valence-corrected chi connectivity index (χ2v) is 5.29. The van der Waals surface area contributed by atoms with Crippen LogP contribution in [0.25, 0.3) is 0 Å². The predicted octanol–water partition coefficient (Wildman–Crippen LogP) is 2.48. The zero-order chi connectivity index (χ0) is 13.9. The van der Waals surface area contributed by atoms with E-state index in [1.54, 1.807) is 12.1 Å². The van der Waals surface area contributed by atoms with Crippen molar-refractivity contribution in [1.82, 2.24) is 4.90 Å². The number of phenols is 1. The monoisotopic (exact) mass is 269 g/mol. The van der Waals surface area contributed by atoms with Gasteiger partial charge in [-0.1, -0.05) is 36.4 Å². The number of rotatable bonds is 3. The van der Waals surface area contributed by atoms with Crippen molar-refractivity contribution in [3.05, 3.63) is 65.2 Å². The van der Waals surface area contributed by atoms with Crippen LogP contribution in [0, 0.1) is 0 Å². The van der Waals surface area contributed by atoms with Crippen LogP contribution in [-0.2, 0) is 13.0 Å². The molecule has 1 heterocycles. The fourth-order valence-electron chi connectivity index (χ4n) is 3.00. The molecule has 1 atom stereocenters. The quantitative estimate of drug-likeness (QED) is 0.899. The van der Waals surface area contributed by atoms with Crippen molar-refractivity contribution in [2.24, 2.45) is 0 Å². The molecular formula is C17H19NO2. The van der Waals surface area contributed by atoms with E-state index >= 15 is 0 Å². The smallest absolute Gasteiger partial charge is 0.115 e. The van der Waals surface area contributed by atoms with Gasteiger partial charge < -0.3 is 10.2 Å². The Balaban J connectivity index is 1.84. The van der Waals surface area contributed by atoms with Gasteiger partial charge in [0, 0.05) is 13.1 Å². The minimum Gasteiger partial charge on any atom is -0.508 e. The second kappa shape index (κ2) is 5.65. The van der Waals surface area contributed by atoms with Crippen LogP contribution in [-0.4, -0.2) is 28.3 Å². The summed E-state index contributed by atoms with van der Waals surface area (Å²) in [6, 6.07) is 15.7. The summed E-state index contributed by atoms with van der Waals surface area (Å²) in [6.45, 7) is 1.79. The number of hydrogen-bond donors (Lipinski definition) is 2. The van der Waals surface area contributed by atoms with Gasteiger partial charge in [0.1, 0.15) is 5.75 Å². The Labute approximate surface area is 119 Å². The molecule has 2 aromatic carbocycles. The highest BCUT2D eigenvalue weighted by Gasteiger charge is 2.26. The summed E-state index contributed by atoms with van der Waals surface area (Å²) in [5, 5.41) is 19.3. The standard InChI is InChI=1S/C17H19NO2/c19-12-17-16-7-2-1-5-14(16)8-9-18(17)11-13-4-3-6-15(20)10-13/h1-7,10,17,19-20H,8-9,11-12H2. The third kappa shape index (κ3) is 2.55. The van der Waals surface area contributed by atoms with Crippen molar-refractivity contribution in [2.75, 3.05) is 13.2 Å². The first-order chi connectivity index (χ1) is 9.78. The molecule has 0 saturated heterocycles. The summed E-state index contributed by atoms with van der Waals surface area (Å²) in [7, 11) is 0. The Bertz CT molecular complexity index is 597. The normalized spacial score (nSPS) is 18.8. The number of hydrogen-bond acceptors (Lipinski definition) is 3. The summed E-state index contributed by atoms with van der Waals surface area (Å²) >= 11 is 0. The van der Waals surface area contributed by atoms with Gasteiger partial charge in [-0.15, -0.1) is 0 Å². The first-order valence-electron chi connectivity index (χ1n) is 6.98. The van der Waals surface area contributed by atoms with Crippen molar-refractivity contribution < 1.29 is 10.2 Å². The van der Waals surface area contributed by atoms with E-state index in [0.29, 0.717) is 5.75 Å². The number of fused-ring (bicyclic) bond motifs is 1. The van der Waals surface area contributed by atoms with E-state index in [1.807, 2.05) is 18.2 Å². The highest BCUT2D eigenvalue weighted by atomic mass is 16.3.